The molecule has 0 rings (SSSR count). The molecule has 0 saturated carbocycles. The summed E-state index contributed by atoms with van der Waals surface area (Å²) in [6.07, 6.45) is 6.05. The van der Waals surface area contributed by atoms with Crippen LogP contribution in [0.15, 0.2) is 22.8 Å². The number of hydrogen-bond acceptors (Lipinski definition) is 0. The first-order valence-electron chi connectivity index (χ1n) is 6.20. The van der Waals surface area contributed by atoms with Gasteiger partial charge in [-0.3, -0.25) is 0 Å². The van der Waals surface area contributed by atoms with Crippen LogP contribution in [0.5, 0.6) is 0 Å². The molecule has 0 atom stereocenters. The Balaban J connectivity index is 5.31. The Morgan fingerprint density at radius 3 is 1.93 bits per heavy atom. The zero-order valence-electron chi connectivity index (χ0n) is 11.7. The van der Waals surface area contributed by atoms with Gasteiger partial charge >= 0.3 is 0 Å². The molecule has 0 aromatic rings. The van der Waals surface area contributed by atoms with E-state index in [1.54, 1.807) is 11.1 Å². The van der Waals surface area contributed by atoms with E-state index in [4.69, 9.17) is 0 Å². The lowest BCUT2D eigenvalue weighted by Crippen LogP contribution is -2.17. The average molecular weight is 202 g/mol. The summed E-state index contributed by atoms with van der Waals surface area (Å²) in [4.78, 5) is 0. The van der Waals surface area contributed by atoms with Crippen LogP contribution in [0.3, 0.4) is 0 Å². The molecule has 0 amide bonds. The van der Waals surface area contributed by atoms with Gasteiger partial charge in [0.25, 0.3) is 0 Å². The molecule has 0 aliphatic carbocycles. The Kier molecular flexibility index (Phi) is 6.16. The van der Waals surface area contributed by atoms with Crippen molar-refractivity contribution in [3.63, 3.8) is 0 Å². The highest BCUT2D eigenvalue weighted by Crippen LogP contribution is 2.31. The predicted octanol–water partition coefficient (Wildman–Crippen LogP) is 1.43. The normalized spacial score (nSPS) is 13.3. The predicted molar refractivity (Wildman–Crippen MR) is 80.0 cm³/mol. The van der Waals surface area contributed by atoms with E-state index in [0.29, 0.717) is 0 Å². The Morgan fingerprint density at radius 2 is 1.67 bits per heavy atom. The molecule has 3 heteroatoms. The third-order valence-electron chi connectivity index (χ3n) is 2.60. The van der Waals surface area contributed by atoms with Crippen LogP contribution in [-0.4, -0.2) is 23.5 Å². The minimum atomic E-state index is 0.276. The van der Waals surface area contributed by atoms with Crippen molar-refractivity contribution in [3.05, 3.63) is 22.8 Å². The molecule has 0 N–H and O–H groups in total. The molecule has 0 radical (unpaired) electrons. The van der Waals surface area contributed by atoms with Crippen molar-refractivity contribution < 1.29 is 0 Å². The minimum absolute atomic E-state index is 0.276. The maximum Gasteiger partial charge on any atom is 0.0955 e. The van der Waals surface area contributed by atoms with Crippen LogP contribution in [0.25, 0.3) is 0 Å². The molecule has 0 saturated heterocycles. The first kappa shape index (κ1) is 14.7. The third-order valence-corrected chi connectivity index (χ3v) is 2.60. The third kappa shape index (κ3) is 5.34. The van der Waals surface area contributed by atoms with Crippen molar-refractivity contribution >= 4 is 23.5 Å². The van der Waals surface area contributed by atoms with Crippen molar-refractivity contribution in [1.29, 1.82) is 0 Å². The van der Waals surface area contributed by atoms with Gasteiger partial charge in [-0.25, -0.2) is 0 Å². The molecule has 82 valence electrons. The Labute approximate surface area is 98.8 Å². The maximum absolute atomic E-state index is 2.37. The summed E-state index contributed by atoms with van der Waals surface area (Å²) >= 11 is 0. The highest BCUT2D eigenvalue weighted by Gasteiger charge is 2.18. The second kappa shape index (κ2) is 6.30. The van der Waals surface area contributed by atoms with E-state index in [9.17, 15) is 0 Å². The topological polar surface area (TPSA) is 0 Å². The first-order valence-corrected chi connectivity index (χ1v) is 6.20. The fourth-order valence-corrected chi connectivity index (χ4v) is 1.94. The van der Waals surface area contributed by atoms with Crippen LogP contribution in [0.1, 0.15) is 47.0 Å². The van der Waals surface area contributed by atoms with Crippen LogP contribution in [0.4, 0.5) is 0 Å². The molecule has 0 aliphatic heterocycles. The summed E-state index contributed by atoms with van der Waals surface area (Å²) in [6.45, 7) is 8.91. The fraction of sp³-hybridized carbons (Fsp3) is 0.667. The summed E-state index contributed by atoms with van der Waals surface area (Å²) in [5.41, 5.74) is 4.58. The van der Waals surface area contributed by atoms with Crippen molar-refractivity contribution in [3.8, 4) is 0 Å². The highest BCUT2D eigenvalue weighted by molar-refractivity contribution is 6.61. The second-order valence-electron chi connectivity index (χ2n) is 5.59. The molecular formula is C12H25B3. The van der Waals surface area contributed by atoms with E-state index >= 15 is 0 Å². The van der Waals surface area contributed by atoms with E-state index in [1.807, 2.05) is 0 Å². The number of allylic oxidation sites excluding steroid dienone is 4. The van der Waals surface area contributed by atoms with Gasteiger partial charge in [0.05, 0.1) is 23.5 Å². The quantitative estimate of drug-likeness (QED) is 0.467. The summed E-state index contributed by atoms with van der Waals surface area (Å²) in [5, 5.41) is 0.276. The largest absolute Gasteiger partial charge is 0.0955 e. The van der Waals surface area contributed by atoms with Crippen LogP contribution >= 0.6 is 0 Å². The lowest BCUT2D eigenvalue weighted by molar-refractivity contribution is 0.840. The molecular weight excluding hydrogens is 177 g/mol. The van der Waals surface area contributed by atoms with E-state index in [0.717, 1.165) is 0 Å². The van der Waals surface area contributed by atoms with E-state index in [2.05, 4.69) is 57.3 Å². The second-order valence-corrected chi connectivity index (χ2v) is 5.59. The van der Waals surface area contributed by atoms with Gasteiger partial charge in [-0.15, -0.1) is 0 Å². The molecule has 0 bridgehead atoms. The van der Waals surface area contributed by atoms with Crippen molar-refractivity contribution in [2.24, 2.45) is 0 Å². The Bertz CT molecular complexity index is 253. The maximum atomic E-state index is 2.37. The van der Waals surface area contributed by atoms with Gasteiger partial charge in [0, 0.05) is 0 Å². The molecule has 0 nitrogen and oxygen atoms in total. The van der Waals surface area contributed by atoms with E-state index < -0.39 is 0 Å². The van der Waals surface area contributed by atoms with E-state index in [-0.39, 0.29) is 5.11 Å². The van der Waals surface area contributed by atoms with Crippen LogP contribution < -0.4 is 0 Å². The fourth-order valence-electron chi connectivity index (χ4n) is 1.94. The molecule has 0 aliphatic rings. The van der Waals surface area contributed by atoms with E-state index in [1.165, 1.54) is 24.8 Å². The van der Waals surface area contributed by atoms with Gasteiger partial charge in [-0.2, -0.15) is 0 Å². The van der Waals surface area contributed by atoms with Gasteiger partial charge in [0.2, 0.25) is 0 Å². The van der Waals surface area contributed by atoms with Crippen LogP contribution in [0, 0.1) is 0 Å². The first-order chi connectivity index (χ1) is 6.82. The Morgan fingerprint density at radius 1 is 1.13 bits per heavy atom. The minimum Gasteiger partial charge on any atom is -0.0864 e. The zero-order valence-corrected chi connectivity index (χ0v) is 11.7. The van der Waals surface area contributed by atoms with Gasteiger partial charge < -0.3 is 0 Å². The smallest absolute Gasteiger partial charge is 0.0864 e. The van der Waals surface area contributed by atoms with Crippen molar-refractivity contribution in [2.75, 3.05) is 0 Å². The zero-order chi connectivity index (χ0) is 12.1. The summed E-state index contributed by atoms with van der Waals surface area (Å²) < 4.78 is 0. The van der Waals surface area contributed by atoms with Crippen molar-refractivity contribution in [1.82, 2.24) is 0 Å². The lowest BCUT2D eigenvalue weighted by atomic mass is 9.39. The van der Waals surface area contributed by atoms with Crippen molar-refractivity contribution in [2.45, 2.75) is 52.1 Å². The highest BCUT2D eigenvalue weighted by atomic mass is 14.1. The number of hydrogen-bond donors (Lipinski definition) is 0. The van der Waals surface area contributed by atoms with Gasteiger partial charge in [0.1, 0.15) is 0 Å². The van der Waals surface area contributed by atoms with Gasteiger partial charge in [-0.1, -0.05) is 48.2 Å². The van der Waals surface area contributed by atoms with Crippen LogP contribution in [-0.2, 0) is 0 Å². The summed E-state index contributed by atoms with van der Waals surface area (Å²) in [7, 11) is 6.94. The lowest BCUT2D eigenvalue weighted by Gasteiger charge is -2.25. The molecule has 0 aromatic heterocycles. The molecule has 0 fully saturated rings. The monoisotopic (exact) mass is 202 g/mol. The average Bonchev–Trinajstić information content (AvgIpc) is 2.09. The van der Waals surface area contributed by atoms with Gasteiger partial charge in [-0.05, 0) is 26.7 Å². The summed E-state index contributed by atoms with van der Waals surface area (Å²) in [5.74, 6) is 0. The molecule has 15 heavy (non-hydrogen) atoms. The molecule has 0 spiro atoms. The Hall–Kier alpha value is -0.325. The van der Waals surface area contributed by atoms with Crippen LogP contribution in [0.2, 0.25) is 5.11 Å². The SMILES string of the molecule is BC(B)(B)/C(C=C(C)C)=C(/CC)CCC. The summed E-state index contributed by atoms with van der Waals surface area (Å²) in [6, 6.07) is 0. The molecule has 0 heterocycles. The van der Waals surface area contributed by atoms with Gasteiger partial charge in [0.15, 0.2) is 0 Å². The molecule has 0 unspecified atom stereocenters. The molecule has 0 aromatic carbocycles. The number of rotatable bonds is 5. The standard InChI is InChI=1S/C12H25B3/c1-5-7-10(6-2)11(8-9(3)4)12(13,14)15/h8H,5-7,13-15H2,1-4H3/b11-10-.